The molecular weight excluding hydrogens is 384 g/mol. The van der Waals surface area contributed by atoms with E-state index in [-0.39, 0.29) is 18.3 Å². The van der Waals surface area contributed by atoms with Crippen LogP contribution in [0.4, 0.5) is 5.82 Å². The van der Waals surface area contributed by atoms with Gasteiger partial charge in [0, 0.05) is 12.1 Å². The highest BCUT2D eigenvalue weighted by molar-refractivity contribution is 6.04. The van der Waals surface area contributed by atoms with E-state index in [0.29, 0.717) is 42.4 Å². The second kappa shape index (κ2) is 8.69. The number of nitrogens with one attached hydrogen (secondary N) is 1. The summed E-state index contributed by atoms with van der Waals surface area (Å²) in [6, 6.07) is 1.94. The Bertz CT molecular complexity index is 1010. The predicted molar refractivity (Wildman–Crippen MR) is 113 cm³/mol. The molecule has 30 heavy (non-hydrogen) atoms. The number of aryl methyl sites for hydroxylation is 2. The van der Waals surface area contributed by atoms with Gasteiger partial charge in [-0.25, -0.2) is 9.78 Å². The summed E-state index contributed by atoms with van der Waals surface area (Å²) in [6.07, 6.45) is 8.00. The fraction of sp³-hybridized carbons (Fsp3) is 0.455. The van der Waals surface area contributed by atoms with Crippen molar-refractivity contribution in [1.82, 2.24) is 9.55 Å². The van der Waals surface area contributed by atoms with Gasteiger partial charge in [-0.1, -0.05) is 0 Å². The van der Waals surface area contributed by atoms with Crippen LogP contribution in [0.1, 0.15) is 57.3 Å². The Morgan fingerprint density at radius 1 is 1.30 bits per heavy atom. The molecule has 0 bridgehead atoms. The van der Waals surface area contributed by atoms with Crippen molar-refractivity contribution < 1.29 is 19.1 Å². The zero-order valence-electron chi connectivity index (χ0n) is 17.4. The zero-order chi connectivity index (χ0) is 21.1. The number of Topliss-reactive ketones (excluding diaryl/α,β-unsaturated/α-hetero) is 1. The lowest BCUT2D eigenvalue weighted by Crippen LogP contribution is -2.16. The number of aromatic nitrogens is 2. The Morgan fingerprint density at radius 2 is 2.13 bits per heavy atom. The SMILES string of the molecule is CCOC(=O)c1cc2c(c(CCn3cnc4c3NC=NCC4=O)c1OC)CCCC2. The van der Waals surface area contributed by atoms with Crippen molar-refractivity contribution in [3.63, 3.8) is 0 Å². The Labute approximate surface area is 175 Å². The fourth-order valence-corrected chi connectivity index (χ4v) is 4.28. The third-order valence-electron chi connectivity index (χ3n) is 5.64. The summed E-state index contributed by atoms with van der Waals surface area (Å²) >= 11 is 0. The summed E-state index contributed by atoms with van der Waals surface area (Å²) in [5.41, 5.74) is 4.39. The van der Waals surface area contributed by atoms with Crippen molar-refractivity contribution in [2.45, 2.75) is 45.6 Å². The van der Waals surface area contributed by atoms with Crippen molar-refractivity contribution in [3.05, 3.63) is 40.3 Å². The molecule has 2 aromatic rings. The number of methoxy groups -OCH3 is 1. The van der Waals surface area contributed by atoms with Gasteiger partial charge in [0.25, 0.3) is 0 Å². The van der Waals surface area contributed by atoms with Crippen LogP contribution in [0.5, 0.6) is 5.75 Å². The largest absolute Gasteiger partial charge is 0.496 e. The van der Waals surface area contributed by atoms with Crippen LogP contribution in [0.3, 0.4) is 0 Å². The van der Waals surface area contributed by atoms with Crippen LogP contribution in [0.2, 0.25) is 0 Å². The lowest BCUT2D eigenvalue weighted by atomic mass is 9.85. The molecule has 1 aliphatic heterocycles. The smallest absolute Gasteiger partial charge is 0.341 e. The molecule has 2 aliphatic rings. The van der Waals surface area contributed by atoms with E-state index in [0.717, 1.165) is 31.2 Å². The summed E-state index contributed by atoms with van der Waals surface area (Å²) in [6.45, 7) is 2.80. The number of hydrogen-bond acceptors (Lipinski definition) is 7. The van der Waals surface area contributed by atoms with Gasteiger partial charge in [-0.3, -0.25) is 9.79 Å². The van der Waals surface area contributed by atoms with E-state index in [1.54, 1.807) is 20.4 Å². The van der Waals surface area contributed by atoms with Crippen LogP contribution >= 0.6 is 0 Å². The highest BCUT2D eigenvalue weighted by Crippen LogP contribution is 2.36. The molecule has 158 valence electrons. The van der Waals surface area contributed by atoms with E-state index >= 15 is 0 Å². The normalized spacial score (nSPS) is 15.1. The molecule has 0 unspecified atom stereocenters. The molecule has 1 aliphatic carbocycles. The first kappa shape index (κ1) is 20.1. The van der Waals surface area contributed by atoms with Crippen LogP contribution in [0.25, 0.3) is 0 Å². The van der Waals surface area contributed by atoms with E-state index in [1.807, 2.05) is 10.6 Å². The molecule has 0 atom stereocenters. The maximum absolute atomic E-state index is 12.6. The number of carbonyl (C=O) groups is 2. The number of ether oxygens (including phenoxy) is 2. The Kier molecular flexibility index (Phi) is 5.83. The van der Waals surface area contributed by atoms with E-state index < -0.39 is 0 Å². The molecule has 1 aromatic heterocycles. The molecule has 0 radical (unpaired) electrons. The minimum absolute atomic E-state index is 0.0972. The maximum Gasteiger partial charge on any atom is 0.341 e. The third kappa shape index (κ3) is 3.69. The highest BCUT2D eigenvalue weighted by atomic mass is 16.5. The number of hydrogen-bond donors (Lipinski definition) is 1. The first-order valence-corrected chi connectivity index (χ1v) is 10.4. The molecule has 0 fully saturated rings. The number of ketones is 1. The second-order valence-corrected chi connectivity index (χ2v) is 7.42. The van der Waals surface area contributed by atoms with Crippen molar-refractivity contribution >= 4 is 23.9 Å². The molecule has 0 saturated heterocycles. The van der Waals surface area contributed by atoms with Crippen LogP contribution in [0.15, 0.2) is 17.4 Å². The molecule has 1 aromatic carbocycles. The number of imidazole rings is 1. The molecule has 0 amide bonds. The Hall–Kier alpha value is -3.16. The first-order valence-electron chi connectivity index (χ1n) is 10.4. The van der Waals surface area contributed by atoms with E-state index in [9.17, 15) is 9.59 Å². The maximum atomic E-state index is 12.6. The van der Waals surface area contributed by atoms with Gasteiger partial charge in [0.2, 0.25) is 5.78 Å². The van der Waals surface area contributed by atoms with E-state index in [2.05, 4.69) is 15.3 Å². The number of rotatable bonds is 6. The fourth-order valence-electron chi connectivity index (χ4n) is 4.28. The van der Waals surface area contributed by atoms with Gasteiger partial charge in [0.15, 0.2) is 5.69 Å². The van der Waals surface area contributed by atoms with Crippen LogP contribution in [0, 0.1) is 0 Å². The lowest BCUT2D eigenvalue weighted by molar-refractivity contribution is 0.0522. The minimum Gasteiger partial charge on any atom is -0.496 e. The third-order valence-corrected chi connectivity index (χ3v) is 5.64. The molecule has 8 heteroatoms. The lowest BCUT2D eigenvalue weighted by Gasteiger charge is -2.24. The first-order chi connectivity index (χ1) is 14.6. The summed E-state index contributed by atoms with van der Waals surface area (Å²) in [5, 5.41) is 3.06. The van der Waals surface area contributed by atoms with Crippen LogP contribution in [-0.4, -0.2) is 47.9 Å². The average molecular weight is 410 g/mol. The van der Waals surface area contributed by atoms with E-state index in [4.69, 9.17) is 9.47 Å². The van der Waals surface area contributed by atoms with Gasteiger partial charge >= 0.3 is 5.97 Å². The van der Waals surface area contributed by atoms with Crippen LogP contribution < -0.4 is 10.1 Å². The molecule has 8 nitrogen and oxygen atoms in total. The number of aliphatic imine (C=N–C) groups is 1. The Morgan fingerprint density at radius 3 is 2.93 bits per heavy atom. The quantitative estimate of drug-likeness (QED) is 0.736. The zero-order valence-corrected chi connectivity index (χ0v) is 17.4. The van der Waals surface area contributed by atoms with Gasteiger partial charge in [-0.05, 0) is 56.2 Å². The molecular formula is C22H26N4O4. The van der Waals surface area contributed by atoms with Crippen molar-refractivity contribution in [1.29, 1.82) is 0 Å². The summed E-state index contributed by atoms with van der Waals surface area (Å²) in [5.74, 6) is 0.773. The molecule has 2 heterocycles. The van der Waals surface area contributed by atoms with E-state index in [1.165, 1.54) is 17.5 Å². The summed E-state index contributed by atoms with van der Waals surface area (Å²) < 4.78 is 12.9. The van der Waals surface area contributed by atoms with Gasteiger partial charge in [0.1, 0.15) is 23.7 Å². The van der Waals surface area contributed by atoms with Crippen molar-refractivity contribution in [2.24, 2.45) is 4.99 Å². The van der Waals surface area contributed by atoms with Gasteiger partial charge in [0.05, 0.1) is 26.4 Å². The summed E-state index contributed by atoms with van der Waals surface area (Å²) in [4.78, 5) is 33.0. The summed E-state index contributed by atoms with van der Waals surface area (Å²) in [7, 11) is 1.59. The van der Waals surface area contributed by atoms with Gasteiger partial charge in [-0.2, -0.15) is 0 Å². The minimum atomic E-state index is -0.357. The Balaban J connectivity index is 1.70. The highest BCUT2D eigenvalue weighted by Gasteiger charge is 2.25. The van der Waals surface area contributed by atoms with Gasteiger partial charge < -0.3 is 19.4 Å². The number of carbonyl (C=O) groups excluding carboxylic acids is 2. The predicted octanol–water partition coefficient (Wildman–Crippen LogP) is 2.83. The number of esters is 1. The second-order valence-electron chi connectivity index (χ2n) is 7.42. The molecule has 0 saturated carbocycles. The standard InChI is InChI=1S/C22H26N4O4/c1-3-30-22(28)17-10-14-6-4-5-7-15(14)16(20(17)29-2)8-9-26-13-25-19-18(27)11-23-12-24-21(19)26/h10,12-13H,3-9,11H2,1-2H3,(H,23,24). The van der Waals surface area contributed by atoms with Crippen molar-refractivity contribution in [3.8, 4) is 5.75 Å². The topological polar surface area (TPSA) is 94.8 Å². The number of nitrogens with zero attached hydrogens (tertiary/aromatic N) is 3. The average Bonchev–Trinajstić information content (AvgIpc) is 3.07. The number of fused-ring (bicyclic) bond motifs is 2. The number of anilines is 1. The number of benzene rings is 1. The molecule has 1 N–H and O–H groups in total. The molecule has 0 spiro atoms. The monoisotopic (exact) mass is 410 g/mol. The van der Waals surface area contributed by atoms with Crippen LogP contribution in [-0.2, 0) is 30.5 Å². The van der Waals surface area contributed by atoms with Gasteiger partial charge in [-0.15, -0.1) is 0 Å². The molecule has 4 rings (SSSR count). The van der Waals surface area contributed by atoms with Crippen molar-refractivity contribution in [2.75, 3.05) is 25.6 Å².